The normalized spacial score (nSPS) is 18.0. The third-order valence-electron chi connectivity index (χ3n) is 6.29. The van der Waals surface area contributed by atoms with Crippen LogP contribution in [0.1, 0.15) is 38.2 Å². The number of fused-ring (bicyclic) bond motifs is 1. The highest BCUT2D eigenvalue weighted by Gasteiger charge is 2.30. The quantitative estimate of drug-likeness (QED) is 0.720. The van der Waals surface area contributed by atoms with Gasteiger partial charge in [0.1, 0.15) is 12.4 Å². The summed E-state index contributed by atoms with van der Waals surface area (Å²) in [4.78, 5) is 27.0. The second kappa shape index (κ2) is 9.61. The number of sulfonamides is 1. The number of piperidine rings is 1. The molecule has 0 spiro atoms. The summed E-state index contributed by atoms with van der Waals surface area (Å²) in [6.45, 7) is 2.94. The van der Waals surface area contributed by atoms with Crippen molar-refractivity contribution in [3.8, 4) is 0 Å². The number of amides is 2. The summed E-state index contributed by atoms with van der Waals surface area (Å²) in [5.41, 5.74) is 1.72. The molecule has 2 heterocycles. The average Bonchev–Trinajstić information content (AvgIpc) is 2.94. The first-order chi connectivity index (χ1) is 15.7. The number of nitrogens with zero attached hydrogens (tertiary/aromatic N) is 2. The Bertz CT molecular complexity index is 1140. The minimum absolute atomic E-state index is 0.191. The van der Waals surface area contributed by atoms with E-state index in [1.807, 2.05) is 0 Å². The minimum atomic E-state index is -3.61. The van der Waals surface area contributed by atoms with Gasteiger partial charge in [0.05, 0.1) is 4.90 Å². The van der Waals surface area contributed by atoms with Gasteiger partial charge < -0.3 is 10.2 Å². The summed E-state index contributed by atoms with van der Waals surface area (Å²) in [5, 5.41) is 2.67. The highest BCUT2D eigenvalue weighted by molar-refractivity contribution is 7.89. The van der Waals surface area contributed by atoms with Gasteiger partial charge in [-0.25, -0.2) is 12.8 Å². The Balaban J connectivity index is 1.55. The molecular formula is C24H28FN3O4S. The van der Waals surface area contributed by atoms with Crippen molar-refractivity contribution >= 4 is 33.2 Å². The van der Waals surface area contributed by atoms with Crippen molar-refractivity contribution < 1.29 is 22.4 Å². The van der Waals surface area contributed by atoms with Crippen molar-refractivity contribution in [2.24, 2.45) is 5.92 Å². The molecule has 7 nitrogen and oxygen atoms in total. The van der Waals surface area contributed by atoms with E-state index in [9.17, 15) is 22.4 Å². The molecule has 0 aromatic heterocycles. The molecule has 0 aliphatic carbocycles. The molecule has 176 valence electrons. The molecular weight excluding hydrogens is 445 g/mol. The molecule has 33 heavy (non-hydrogen) atoms. The van der Waals surface area contributed by atoms with Gasteiger partial charge in [-0.05, 0) is 79.6 Å². The minimum Gasteiger partial charge on any atom is -0.325 e. The lowest BCUT2D eigenvalue weighted by Gasteiger charge is -2.30. The Kier molecular flexibility index (Phi) is 6.81. The van der Waals surface area contributed by atoms with Crippen molar-refractivity contribution in [3.05, 3.63) is 53.8 Å². The standard InChI is InChI=1S/C24H28FN3O4S/c1-17-11-13-27(14-12-17)33(31,32)21-9-10-22-18(15-21)3-2-4-24(30)28(22)16-23(29)26-20-7-5-19(25)6-8-20/h5-10,15,17H,2-4,11-14,16H2,1H3,(H,26,29). The molecule has 2 aromatic carbocycles. The average molecular weight is 474 g/mol. The molecule has 2 aromatic rings. The van der Waals surface area contributed by atoms with Gasteiger partial charge in [-0.15, -0.1) is 0 Å². The number of anilines is 2. The largest absolute Gasteiger partial charge is 0.325 e. The van der Waals surface area contributed by atoms with Crippen LogP contribution in [0.4, 0.5) is 15.8 Å². The molecule has 4 rings (SSSR count). The predicted molar refractivity (Wildman–Crippen MR) is 124 cm³/mol. The summed E-state index contributed by atoms with van der Waals surface area (Å²) < 4.78 is 41.0. The van der Waals surface area contributed by atoms with Crippen LogP contribution < -0.4 is 10.2 Å². The van der Waals surface area contributed by atoms with E-state index in [-0.39, 0.29) is 23.8 Å². The van der Waals surface area contributed by atoms with Crippen molar-refractivity contribution in [1.29, 1.82) is 0 Å². The SMILES string of the molecule is CC1CCN(S(=O)(=O)c2ccc3c(c2)CCCC(=O)N3CC(=O)Nc2ccc(F)cc2)CC1. The zero-order valence-electron chi connectivity index (χ0n) is 18.6. The van der Waals surface area contributed by atoms with Gasteiger partial charge in [-0.1, -0.05) is 6.92 Å². The molecule has 0 radical (unpaired) electrons. The number of nitrogens with one attached hydrogen (secondary N) is 1. The summed E-state index contributed by atoms with van der Waals surface area (Å²) in [5.74, 6) is -0.496. The molecule has 2 amide bonds. The molecule has 0 unspecified atom stereocenters. The Morgan fingerprint density at radius 3 is 2.48 bits per heavy atom. The number of aryl methyl sites for hydroxylation is 1. The van der Waals surface area contributed by atoms with Crippen LogP contribution in [0, 0.1) is 11.7 Å². The zero-order valence-corrected chi connectivity index (χ0v) is 19.4. The lowest BCUT2D eigenvalue weighted by Crippen LogP contribution is -2.38. The number of rotatable bonds is 5. The topological polar surface area (TPSA) is 86.8 Å². The summed E-state index contributed by atoms with van der Waals surface area (Å²) in [6.07, 6.45) is 3.08. The van der Waals surface area contributed by atoms with Gasteiger partial charge in [0.2, 0.25) is 21.8 Å². The Morgan fingerprint density at radius 1 is 1.09 bits per heavy atom. The predicted octanol–water partition coefficient (Wildman–Crippen LogP) is 3.55. The van der Waals surface area contributed by atoms with Gasteiger partial charge in [-0.3, -0.25) is 9.59 Å². The van der Waals surface area contributed by atoms with E-state index < -0.39 is 21.7 Å². The van der Waals surface area contributed by atoms with Crippen LogP contribution in [0.3, 0.4) is 0 Å². The van der Waals surface area contributed by atoms with Crippen molar-refractivity contribution in [2.75, 3.05) is 29.9 Å². The van der Waals surface area contributed by atoms with Crippen LogP contribution in [0.15, 0.2) is 47.4 Å². The highest BCUT2D eigenvalue weighted by Crippen LogP contribution is 2.31. The third-order valence-corrected chi connectivity index (χ3v) is 8.18. The number of carbonyl (C=O) groups excluding carboxylic acids is 2. The van der Waals surface area contributed by atoms with Crippen molar-refractivity contribution in [3.63, 3.8) is 0 Å². The summed E-state index contributed by atoms with van der Waals surface area (Å²) in [6, 6.07) is 10.2. The number of carbonyl (C=O) groups is 2. The fraction of sp³-hybridized carbons (Fsp3) is 0.417. The monoisotopic (exact) mass is 473 g/mol. The second-order valence-electron chi connectivity index (χ2n) is 8.77. The van der Waals surface area contributed by atoms with Crippen LogP contribution in [0.25, 0.3) is 0 Å². The maximum absolute atomic E-state index is 13.2. The highest BCUT2D eigenvalue weighted by atomic mass is 32.2. The van der Waals surface area contributed by atoms with Gasteiger partial charge in [-0.2, -0.15) is 4.31 Å². The van der Waals surface area contributed by atoms with Crippen LogP contribution in [-0.2, 0) is 26.0 Å². The fourth-order valence-corrected chi connectivity index (χ4v) is 5.83. The second-order valence-corrected chi connectivity index (χ2v) is 10.7. The maximum Gasteiger partial charge on any atom is 0.244 e. The van der Waals surface area contributed by atoms with E-state index in [0.29, 0.717) is 43.2 Å². The fourth-order valence-electron chi connectivity index (χ4n) is 4.31. The molecule has 0 bridgehead atoms. The van der Waals surface area contributed by atoms with E-state index >= 15 is 0 Å². The zero-order chi connectivity index (χ0) is 23.6. The van der Waals surface area contributed by atoms with Crippen molar-refractivity contribution in [1.82, 2.24) is 4.31 Å². The molecule has 9 heteroatoms. The van der Waals surface area contributed by atoms with E-state index in [4.69, 9.17) is 0 Å². The number of hydrogen-bond donors (Lipinski definition) is 1. The first kappa shape index (κ1) is 23.4. The van der Waals surface area contributed by atoms with Crippen LogP contribution in [0.2, 0.25) is 0 Å². The molecule has 0 saturated carbocycles. The molecule has 0 atom stereocenters. The lowest BCUT2D eigenvalue weighted by molar-refractivity contribution is -0.121. The summed E-state index contributed by atoms with van der Waals surface area (Å²) >= 11 is 0. The lowest BCUT2D eigenvalue weighted by atomic mass is 10.0. The summed E-state index contributed by atoms with van der Waals surface area (Å²) in [7, 11) is -3.61. The van der Waals surface area contributed by atoms with Crippen LogP contribution in [0.5, 0.6) is 0 Å². The number of halogens is 1. The van der Waals surface area contributed by atoms with Crippen molar-refractivity contribution in [2.45, 2.75) is 43.9 Å². The smallest absolute Gasteiger partial charge is 0.244 e. The van der Waals surface area contributed by atoms with Crippen LogP contribution in [-0.4, -0.2) is 44.2 Å². The Morgan fingerprint density at radius 2 is 1.79 bits per heavy atom. The van der Waals surface area contributed by atoms with Gasteiger partial charge in [0, 0.05) is 30.9 Å². The molecule has 1 fully saturated rings. The molecule has 2 aliphatic heterocycles. The van der Waals surface area contributed by atoms with Gasteiger partial charge in [0.15, 0.2) is 0 Å². The van der Waals surface area contributed by atoms with E-state index in [0.717, 1.165) is 18.4 Å². The van der Waals surface area contributed by atoms with Crippen LogP contribution >= 0.6 is 0 Å². The number of hydrogen-bond acceptors (Lipinski definition) is 4. The van der Waals surface area contributed by atoms with Gasteiger partial charge >= 0.3 is 0 Å². The Labute approximate surface area is 193 Å². The molecule has 1 N–H and O–H groups in total. The van der Waals surface area contributed by atoms with E-state index in [1.165, 1.54) is 39.5 Å². The first-order valence-electron chi connectivity index (χ1n) is 11.2. The van der Waals surface area contributed by atoms with Gasteiger partial charge in [0.25, 0.3) is 0 Å². The number of benzene rings is 2. The van der Waals surface area contributed by atoms with E-state index in [1.54, 1.807) is 12.1 Å². The molecule has 2 aliphatic rings. The molecule has 1 saturated heterocycles. The maximum atomic E-state index is 13.2. The van der Waals surface area contributed by atoms with E-state index in [2.05, 4.69) is 12.2 Å². The first-order valence-corrected chi connectivity index (χ1v) is 12.7. The Hall–Kier alpha value is -2.78. The third kappa shape index (κ3) is 5.25.